The summed E-state index contributed by atoms with van der Waals surface area (Å²) in [5.41, 5.74) is 2.76. The van der Waals surface area contributed by atoms with Gasteiger partial charge >= 0.3 is 0 Å². The van der Waals surface area contributed by atoms with Crippen molar-refractivity contribution in [2.45, 2.75) is 57.2 Å². The Morgan fingerprint density at radius 2 is 2.19 bits per heavy atom. The molecule has 0 aromatic carbocycles. The number of imidazole rings is 1. The van der Waals surface area contributed by atoms with Gasteiger partial charge in [0.15, 0.2) is 0 Å². The number of hydrogen-bond acceptors (Lipinski definition) is 5. The predicted molar refractivity (Wildman–Crippen MR) is 104 cm³/mol. The fourth-order valence-electron chi connectivity index (χ4n) is 4.44. The molecule has 3 aromatic heterocycles. The van der Waals surface area contributed by atoms with E-state index in [9.17, 15) is 5.11 Å². The predicted octanol–water partition coefficient (Wildman–Crippen LogP) is 3.30. The quantitative estimate of drug-likeness (QED) is 0.722. The molecule has 0 spiro atoms. The van der Waals surface area contributed by atoms with Crippen LogP contribution in [0.2, 0.25) is 0 Å². The van der Waals surface area contributed by atoms with Gasteiger partial charge in [0.1, 0.15) is 23.1 Å². The lowest BCUT2D eigenvalue weighted by Crippen LogP contribution is -2.36. The minimum absolute atomic E-state index is 0.320. The molecule has 1 saturated carbocycles. The Bertz CT molecular complexity index is 974. The molecule has 4 rings (SSSR count). The van der Waals surface area contributed by atoms with Gasteiger partial charge in [0.2, 0.25) is 0 Å². The number of hydrogen-bond donors (Lipinski definition) is 2. The van der Waals surface area contributed by atoms with E-state index in [1.54, 1.807) is 13.1 Å². The van der Waals surface area contributed by atoms with Crippen molar-refractivity contribution >= 4 is 22.1 Å². The molecule has 3 aromatic rings. The number of H-pyrrole nitrogens is 1. The fraction of sp³-hybridized carbons (Fsp3) is 0.550. The highest BCUT2D eigenvalue weighted by Crippen LogP contribution is 2.37. The van der Waals surface area contributed by atoms with E-state index in [-0.39, 0.29) is 0 Å². The zero-order valence-corrected chi connectivity index (χ0v) is 15.9. The third-order valence-corrected chi connectivity index (χ3v) is 5.87. The van der Waals surface area contributed by atoms with E-state index in [2.05, 4.69) is 32.6 Å². The van der Waals surface area contributed by atoms with E-state index in [1.165, 1.54) is 0 Å². The number of rotatable bonds is 5. The lowest BCUT2D eigenvalue weighted by atomic mass is 9.89. The molecule has 2 N–H and O–H groups in total. The van der Waals surface area contributed by atoms with Crippen LogP contribution in [-0.4, -0.2) is 49.2 Å². The average Bonchev–Trinajstić information content (AvgIpc) is 3.30. The zero-order chi connectivity index (χ0) is 19.0. The summed E-state index contributed by atoms with van der Waals surface area (Å²) in [5, 5.41) is 20.2. The molecule has 27 heavy (non-hydrogen) atoms. The summed E-state index contributed by atoms with van der Waals surface area (Å²) in [6.45, 7) is 2.61. The summed E-state index contributed by atoms with van der Waals surface area (Å²) in [6, 6.07) is 5.11. The first kappa shape index (κ1) is 18.0. The highest BCUT2D eigenvalue weighted by molar-refractivity contribution is 6.01. The summed E-state index contributed by atoms with van der Waals surface area (Å²) in [6.07, 6.45) is 7.91. The molecule has 0 bridgehead atoms. The van der Waals surface area contributed by atoms with Gasteiger partial charge in [-0.15, -0.1) is 0 Å². The first-order valence-corrected chi connectivity index (χ1v) is 9.69. The van der Waals surface area contributed by atoms with E-state index in [1.807, 2.05) is 12.3 Å². The summed E-state index contributed by atoms with van der Waals surface area (Å²) in [5.74, 6) is 0.724. The second-order valence-electron chi connectivity index (χ2n) is 7.60. The van der Waals surface area contributed by atoms with Crippen LogP contribution >= 0.6 is 0 Å². The van der Waals surface area contributed by atoms with E-state index in [4.69, 9.17) is 10.2 Å². The molecule has 1 fully saturated rings. The van der Waals surface area contributed by atoms with Gasteiger partial charge < -0.3 is 19.6 Å². The molecule has 0 unspecified atom stereocenters. The van der Waals surface area contributed by atoms with Gasteiger partial charge in [-0.2, -0.15) is 5.26 Å². The largest absolute Gasteiger partial charge is 0.385 e. The minimum atomic E-state index is -0.623. The Morgan fingerprint density at radius 3 is 2.89 bits per heavy atom. The maximum absolute atomic E-state index is 10.3. The van der Waals surface area contributed by atoms with Gasteiger partial charge in [-0.25, -0.2) is 9.97 Å². The third kappa shape index (κ3) is 3.20. The number of nitrogens with one attached hydrogen (secondary N) is 1. The summed E-state index contributed by atoms with van der Waals surface area (Å²) in [4.78, 5) is 14.6. The first-order chi connectivity index (χ1) is 13.1. The molecule has 3 heterocycles. The second kappa shape index (κ2) is 7.29. The van der Waals surface area contributed by atoms with Crippen LogP contribution in [-0.2, 0) is 0 Å². The molecule has 0 saturated heterocycles. The normalized spacial score (nSPS) is 21.7. The minimum Gasteiger partial charge on any atom is -0.385 e. The lowest BCUT2D eigenvalue weighted by Gasteiger charge is -2.35. The number of fused-ring (bicyclic) bond motifs is 3. The topological polar surface area (TPSA) is 93.8 Å². The molecule has 7 nitrogen and oxygen atoms in total. The van der Waals surface area contributed by atoms with Crippen LogP contribution in [0.3, 0.4) is 0 Å². The van der Waals surface area contributed by atoms with Crippen molar-refractivity contribution in [3.8, 4) is 6.07 Å². The van der Waals surface area contributed by atoms with Crippen molar-refractivity contribution in [2.24, 2.45) is 0 Å². The number of pyridine rings is 1. The van der Waals surface area contributed by atoms with Gasteiger partial charge in [0.25, 0.3) is 0 Å². The highest BCUT2D eigenvalue weighted by Gasteiger charge is 2.29. The Balaban J connectivity index is 1.66. The van der Waals surface area contributed by atoms with Crippen molar-refractivity contribution in [3.05, 3.63) is 24.3 Å². The molecular weight excluding hydrogens is 340 g/mol. The van der Waals surface area contributed by atoms with Crippen molar-refractivity contribution in [2.75, 3.05) is 13.6 Å². The van der Waals surface area contributed by atoms with Gasteiger partial charge in [-0.05, 0) is 45.7 Å². The molecular formula is C20H26N6O. The van der Waals surface area contributed by atoms with Crippen molar-refractivity contribution in [1.29, 1.82) is 5.26 Å². The first-order valence-electron chi connectivity index (χ1n) is 9.69. The van der Waals surface area contributed by atoms with Gasteiger partial charge in [-0.1, -0.05) is 0 Å². The fourth-order valence-corrected chi connectivity index (χ4v) is 4.44. The maximum atomic E-state index is 10.3. The molecule has 7 heteroatoms. The molecule has 1 atom stereocenters. The van der Waals surface area contributed by atoms with Gasteiger partial charge in [0, 0.05) is 36.6 Å². The molecule has 142 valence electrons. The SMILES string of the molecule is C[C@@H](O)c1nc2cnc3[nH]ccc3c2n1[C@H]1CC[C@H](N(C)CCC#N)CC1. The van der Waals surface area contributed by atoms with Crippen LogP contribution in [0.5, 0.6) is 0 Å². The summed E-state index contributed by atoms with van der Waals surface area (Å²) >= 11 is 0. The molecule has 0 radical (unpaired) electrons. The maximum Gasteiger partial charge on any atom is 0.139 e. The highest BCUT2D eigenvalue weighted by atomic mass is 16.3. The van der Waals surface area contributed by atoms with Crippen molar-refractivity contribution in [1.82, 2.24) is 24.4 Å². The number of aliphatic hydroxyl groups excluding tert-OH is 1. The average molecular weight is 366 g/mol. The van der Waals surface area contributed by atoms with Crippen LogP contribution in [0.15, 0.2) is 18.5 Å². The Morgan fingerprint density at radius 1 is 1.41 bits per heavy atom. The van der Waals surface area contributed by atoms with Crippen LogP contribution in [0.1, 0.15) is 57.0 Å². The van der Waals surface area contributed by atoms with Crippen LogP contribution in [0.4, 0.5) is 0 Å². The van der Waals surface area contributed by atoms with Crippen LogP contribution in [0.25, 0.3) is 22.1 Å². The monoisotopic (exact) mass is 366 g/mol. The van der Waals surface area contributed by atoms with E-state index in [0.717, 1.165) is 60.1 Å². The molecule has 1 aliphatic carbocycles. The molecule has 0 aliphatic heterocycles. The Kier molecular flexibility index (Phi) is 4.85. The molecule has 0 amide bonds. The zero-order valence-electron chi connectivity index (χ0n) is 15.9. The van der Waals surface area contributed by atoms with Crippen LogP contribution in [0, 0.1) is 11.3 Å². The smallest absolute Gasteiger partial charge is 0.139 e. The third-order valence-electron chi connectivity index (χ3n) is 5.87. The number of aliphatic hydroxyl groups is 1. The van der Waals surface area contributed by atoms with E-state index >= 15 is 0 Å². The van der Waals surface area contributed by atoms with Crippen LogP contribution < -0.4 is 0 Å². The van der Waals surface area contributed by atoms with Crippen molar-refractivity contribution in [3.63, 3.8) is 0 Å². The van der Waals surface area contributed by atoms with E-state index in [0.29, 0.717) is 18.5 Å². The second-order valence-corrected chi connectivity index (χ2v) is 7.60. The van der Waals surface area contributed by atoms with Crippen molar-refractivity contribution < 1.29 is 5.11 Å². The number of nitriles is 1. The molecule has 1 aliphatic rings. The van der Waals surface area contributed by atoms with Gasteiger partial charge in [0.05, 0.1) is 17.8 Å². The number of nitrogens with zero attached hydrogens (tertiary/aromatic N) is 5. The van der Waals surface area contributed by atoms with Gasteiger partial charge in [-0.3, -0.25) is 0 Å². The number of aromatic nitrogens is 4. The lowest BCUT2D eigenvalue weighted by molar-refractivity contribution is 0.155. The summed E-state index contributed by atoms with van der Waals surface area (Å²) in [7, 11) is 2.12. The standard InChI is InChI=1S/C20H26N6O/c1-13(27)20-24-17-12-23-19-16(8-10-22-19)18(17)26(20)15-6-4-14(5-7-15)25(2)11-3-9-21/h8,10,12-15,27H,3-7,11H2,1-2H3,(H,22,23)/t13-,14-,15-/m1/s1. The Labute approximate surface area is 158 Å². The van der Waals surface area contributed by atoms with E-state index < -0.39 is 6.10 Å². The Hall–Kier alpha value is -2.43. The summed E-state index contributed by atoms with van der Waals surface area (Å²) < 4.78 is 2.25. The number of aromatic amines is 1.